The summed E-state index contributed by atoms with van der Waals surface area (Å²) in [5.74, 6) is 0.486. The summed E-state index contributed by atoms with van der Waals surface area (Å²) in [6, 6.07) is 10.8. The fraction of sp³-hybridized carbons (Fsp3) is 0.591. The predicted octanol–water partition coefficient (Wildman–Crippen LogP) is 3.78. The van der Waals surface area contributed by atoms with Gasteiger partial charge in [0, 0.05) is 50.3 Å². The van der Waals surface area contributed by atoms with Gasteiger partial charge in [0.2, 0.25) is 0 Å². The van der Waals surface area contributed by atoms with Crippen molar-refractivity contribution in [3.05, 3.63) is 52.5 Å². The van der Waals surface area contributed by atoms with Gasteiger partial charge in [-0.3, -0.25) is 9.88 Å². The molecule has 5 heteroatoms. The highest BCUT2D eigenvalue weighted by atomic mass is 32.1. The summed E-state index contributed by atoms with van der Waals surface area (Å²) < 4.78 is 0. The number of benzene rings is 1. The van der Waals surface area contributed by atoms with Crippen LogP contribution in [0.5, 0.6) is 0 Å². The number of aromatic nitrogens is 1. The van der Waals surface area contributed by atoms with Crippen LogP contribution in [0.2, 0.25) is 0 Å². The van der Waals surface area contributed by atoms with E-state index in [4.69, 9.17) is 0 Å². The first kappa shape index (κ1) is 20.5. The van der Waals surface area contributed by atoms with Crippen LogP contribution in [0, 0.1) is 0 Å². The highest BCUT2D eigenvalue weighted by Gasteiger charge is 2.32. The highest BCUT2D eigenvalue weighted by molar-refractivity contribution is 7.09. The van der Waals surface area contributed by atoms with Crippen molar-refractivity contribution in [2.75, 3.05) is 45.8 Å². The first-order valence-corrected chi connectivity index (χ1v) is 11.1. The second-order valence-corrected chi connectivity index (χ2v) is 8.89. The van der Waals surface area contributed by atoms with Crippen LogP contribution in [0.3, 0.4) is 0 Å². The molecule has 27 heavy (non-hydrogen) atoms. The number of hydrogen-bond donors (Lipinski definition) is 1. The van der Waals surface area contributed by atoms with E-state index in [1.54, 1.807) is 11.3 Å². The second-order valence-electron chi connectivity index (χ2n) is 8.01. The number of hydrogen-bond acceptors (Lipinski definition) is 5. The van der Waals surface area contributed by atoms with Crippen LogP contribution in [0.15, 0.2) is 42.0 Å². The molecule has 0 spiro atoms. The van der Waals surface area contributed by atoms with Gasteiger partial charge in [-0.15, -0.1) is 11.3 Å². The monoisotopic (exact) mass is 386 g/mol. The number of nitrogens with zero attached hydrogens (tertiary/aromatic N) is 3. The Kier molecular flexibility index (Phi) is 7.41. The fourth-order valence-electron chi connectivity index (χ4n) is 3.92. The number of nitrogens with one attached hydrogen (secondary N) is 1. The van der Waals surface area contributed by atoms with E-state index in [0.717, 1.165) is 26.2 Å². The Hall–Kier alpha value is -1.27. The van der Waals surface area contributed by atoms with Crippen molar-refractivity contribution in [3.8, 4) is 0 Å². The molecule has 1 N–H and O–H groups in total. The average molecular weight is 387 g/mol. The molecule has 1 aliphatic rings. The summed E-state index contributed by atoms with van der Waals surface area (Å²) in [4.78, 5) is 10.9. The Bertz CT molecular complexity index is 652. The van der Waals surface area contributed by atoms with Crippen LogP contribution in [-0.2, 0) is 5.54 Å². The van der Waals surface area contributed by atoms with Crippen molar-refractivity contribution in [1.29, 1.82) is 0 Å². The van der Waals surface area contributed by atoms with E-state index in [9.17, 15) is 0 Å². The van der Waals surface area contributed by atoms with Crippen LogP contribution < -0.4 is 5.32 Å². The van der Waals surface area contributed by atoms with Gasteiger partial charge in [0.25, 0.3) is 0 Å². The first-order chi connectivity index (χ1) is 13.1. The molecule has 1 aliphatic heterocycles. The van der Waals surface area contributed by atoms with Gasteiger partial charge in [-0.25, -0.2) is 0 Å². The minimum Gasteiger partial charge on any atom is -0.305 e. The Morgan fingerprint density at radius 3 is 2.48 bits per heavy atom. The van der Waals surface area contributed by atoms with Gasteiger partial charge in [0.05, 0.1) is 11.0 Å². The Balaban J connectivity index is 1.62. The molecular formula is C22H34N4S. The number of piperazine rings is 1. The van der Waals surface area contributed by atoms with Gasteiger partial charge in [0.15, 0.2) is 0 Å². The highest BCUT2D eigenvalue weighted by Crippen LogP contribution is 2.27. The largest absolute Gasteiger partial charge is 0.305 e. The average Bonchev–Trinajstić information content (AvgIpc) is 3.24. The summed E-state index contributed by atoms with van der Waals surface area (Å²) in [7, 11) is 0. The minimum absolute atomic E-state index is 0.0584. The molecular weight excluding hydrogens is 352 g/mol. The molecule has 148 valence electrons. The molecule has 2 unspecified atom stereocenters. The summed E-state index contributed by atoms with van der Waals surface area (Å²) >= 11 is 1.76. The lowest BCUT2D eigenvalue weighted by Gasteiger charge is -2.40. The molecule has 2 aromatic rings. The van der Waals surface area contributed by atoms with Crippen molar-refractivity contribution >= 4 is 11.3 Å². The van der Waals surface area contributed by atoms with Gasteiger partial charge < -0.3 is 10.2 Å². The minimum atomic E-state index is -0.0584. The fourth-order valence-corrected chi connectivity index (χ4v) is 4.68. The molecule has 0 saturated carbocycles. The smallest absolute Gasteiger partial charge is 0.0794 e. The lowest BCUT2D eigenvalue weighted by molar-refractivity contribution is 0.104. The topological polar surface area (TPSA) is 31.4 Å². The third-order valence-corrected chi connectivity index (χ3v) is 6.72. The van der Waals surface area contributed by atoms with Gasteiger partial charge >= 0.3 is 0 Å². The third-order valence-electron chi connectivity index (χ3n) is 5.69. The molecule has 0 aliphatic carbocycles. The molecule has 1 fully saturated rings. The van der Waals surface area contributed by atoms with E-state index in [0.29, 0.717) is 5.92 Å². The Morgan fingerprint density at radius 2 is 1.85 bits per heavy atom. The molecule has 3 rings (SSSR count). The quantitative estimate of drug-likeness (QED) is 0.711. The van der Waals surface area contributed by atoms with E-state index >= 15 is 0 Å². The summed E-state index contributed by atoms with van der Waals surface area (Å²) in [6.07, 6.45) is 3.29. The van der Waals surface area contributed by atoms with Crippen LogP contribution in [-0.4, -0.2) is 60.6 Å². The lowest BCUT2D eigenvalue weighted by atomic mass is 9.96. The molecule has 0 radical (unpaired) electrons. The normalized spacial score (nSPS) is 19.7. The molecule has 1 saturated heterocycles. The second kappa shape index (κ2) is 9.78. The standard InChI is InChI=1S/C22H34N4S/c1-4-10-25-11-13-26(14-12-25)17-22(3,21-16-23-18-27-21)24-15-19(2)20-8-6-5-7-9-20/h5-9,16,18-19,24H,4,10-15,17H2,1-3H3. The predicted molar refractivity (Wildman–Crippen MR) is 115 cm³/mol. The Labute approximate surface area is 168 Å². The molecule has 2 atom stereocenters. The van der Waals surface area contributed by atoms with Crippen LogP contribution in [0.4, 0.5) is 0 Å². The number of rotatable bonds is 9. The maximum Gasteiger partial charge on any atom is 0.0794 e. The zero-order valence-electron chi connectivity index (χ0n) is 17.0. The van der Waals surface area contributed by atoms with Crippen molar-refractivity contribution in [3.63, 3.8) is 0 Å². The van der Waals surface area contributed by atoms with Crippen LogP contribution in [0.25, 0.3) is 0 Å². The molecule has 4 nitrogen and oxygen atoms in total. The number of thiazole rings is 1. The van der Waals surface area contributed by atoms with E-state index in [1.165, 1.54) is 36.5 Å². The van der Waals surface area contributed by atoms with Crippen LogP contribution in [0.1, 0.15) is 43.6 Å². The maximum atomic E-state index is 4.35. The van der Waals surface area contributed by atoms with Gasteiger partial charge in [0.1, 0.15) is 0 Å². The summed E-state index contributed by atoms with van der Waals surface area (Å²) in [5, 5.41) is 3.90. The van der Waals surface area contributed by atoms with Gasteiger partial charge in [-0.2, -0.15) is 0 Å². The molecule has 0 amide bonds. The van der Waals surface area contributed by atoms with Crippen molar-refractivity contribution in [2.45, 2.75) is 38.6 Å². The molecule has 0 bridgehead atoms. The first-order valence-electron chi connectivity index (χ1n) is 10.2. The zero-order chi connectivity index (χ0) is 19.1. The Morgan fingerprint density at radius 1 is 1.15 bits per heavy atom. The van der Waals surface area contributed by atoms with E-state index in [-0.39, 0.29) is 5.54 Å². The SMILES string of the molecule is CCCN1CCN(CC(C)(NCC(C)c2ccccc2)c2cncs2)CC1. The van der Waals surface area contributed by atoms with Crippen molar-refractivity contribution in [2.24, 2.45) is 0 Å². The van der Waals surface area contributed by atoms with E-state index < -0.39 is 0 Å². The molecule has 2 heterocycles. The van der Waals surface area contributed by atoms with E-state index in [1.807, 2.05) is 11.7 Å². The summed E-state index contributed by atoms with van der Waals surface area (Å²) in [6.45, 7) is 14.8. The van der Waals surface area contributed by atoms with Crippen molar-refractivity contribution < 1.29 is 0 Å². The van der Waals surface area contributed by atoms with E-state index in [2.05, 4.69) is 71.2 Å². The lowest BCUT2D eigenvalue weighted by Crippen LogP contribution is -2.54. The zero-order valence-corrected chi connectivity index (χ0v) is 17.8. The van der Waals surface area contributed by atoms with Crippen molar-refractivity contribution in [1.82, 2.24) is 20.1 Å². The van der Waals surface area contributed by atoms with Gasteiger partial charge in [-0.1, -0.05) is 44.2 Å². The maximum absolute atomic E-state index is 4.35. The van der Waals surface area contributed by atoms with Gasteiger partial charge in [-0.05, 0) is 31.4 Å². The van der Waals surface area contributed by atoms with Crippen LogP contribution >= 0.6 is 11.3 Å². The summed E-state index contributed by atoms with van der Waals surface area (Å²) in [5.41, 5.74) is 3.29. The molecule has 1 aromatic carbocycles. The molecule has 1 aromatic heterocycles. The third kappa shape index (κ3) is 5.61.